The SMILES string of the molecule is CCC(C)N(CC)S(=O)(=O)c1ccc(C(N)=S)c(C)c1. The van der Waals surface area contributed by atoms with Gasteiger partial charge in [0, 0.05) is 18.2 Å². The number of hydrogen-bond donors (Lipinski definition) is 1. The molecule has 0 spiro atoms. The Labute approximate surface area is 127 Å². The minimum Gasteiger partial charge on any atom is -0.389 e. The van der Waals surface area contributed by atoms with E-state index in [1.807, 2.05) is 27.7 Å². The summed E-state index contributed by atoms with van der Waals surface area (Å²) >= 11 is 4.94. The minimum absolute atomic E-state index is 0.0273. The Morgan fingerprint density at radius 2 is 2.00 bits per heavy atom. The molecule has 0 aliphatic heterocycles. The molecule has 0 bridgehead atoms. The summed E-state index contributed by atoms with van der Waals surface area (Å²) in [5.41, 5.74) is 7.09. The second-order valence-corrected chi connectivity index (χ2v) is 7.14. The van der Waals surface area contributed by atoms with Crippen molar-refractivity contribution in [1.29, 1.82) is 0 Å². The van der Waals surface area contributed by atoms with E-state index >= 15 is 0 Å². The van der Waals surface area contributed by atoms with Crippen LogP contribution in [0.15, 0.2) is 23.1 Å². The lowest BCUT2D eigenvalue weighted by atomic mass is 10.1. The molecule has 2 N–H and O–H groups in total. The van der Waals surface area contributed by atoms with Gasteiger partial charge in [-0.3, -0.25) is 0 Å². The van der Waals surface area contributed by atoms with E-state index < -0.39 is 10.0 Å². The number of aryl methyl sites for hydroxylation is 1. The Hall–Kier alpha value is -0.980. The molecule has 0 saturated heterocycles. The average Bonchev–Trinajstić information content (AvgIpc) is 2.38. The van der Waals surface area contributed by atoms with Gasteiger partial charge in [-0.05, 0) is 38.0 Å². The Morgan fingerprint density at radius 3 is 2.40 bits per heavy atom. The van der Waals surface area contributed by atoms with Crippen molar-refractivity contribution >= 4 is 27.2 Å². The second-order valence-electron chi connectivity index (χ2n) is 4.81. The average molecular weight is 314 g/mol. The Kier molecular flexibility index (Phi) is 5.68. The highest BCUT2D eigenvalue weighted by atomic mass is 32.2. The van der Waals surface area contributed by atoms with Crippen LogP contribution in [-0.2, 0) is 10.0 Å². The highest BCUT2D eigenvalue weighted by molar-refractivity contribution is 7.89. The molecular formula is C14H22N2O2S2. The van der Waals surface area contributed by atoms with Crippen molar-refractivity contribution in [3.8, 4) is 0 Å². The third-order valence-electron chi connectivity index (χ3n) is 3.46. The lowest BCUT2D eigenvalue weighted by molar-refractivity contribution is 0.342. The summed E-state index contributed by atoms with van der Waals surface area (Å²) in [5.74, 6) is 0. The summed E-state index contributed by atoms with van der Waals surface area (Å²) in [6.07, 6.45) is 0.775. The fraction of sp³-hybridized carbons (Fsp3) is 0.500. The van der Waals surface area contributed by atoms with Gasteiger partial charge in [0.2, 0.25) is 10.0 Å². The lowest BCUT2D eigenvalue weighted by Gasteiger charge is -2.26. The van der Waals surface area contributed by atoms with Crippen LogP contribution in [0.5, 0.6) is 0 Å². The fourth-order valence-corrected chi connectivity index (χ4v) is 4.16. The van der Waals surface area contributed by atoms with Gasteiger partial charge in [0.05, 0.1) is 4.90 Å². The van der Waals surface area contributed by atoms with Crippen LogP contribution in [-0.4, -0.2) is 30.3 Å². The standard InChI is InChI=1S/C14H22N2O2S2/c1-5-11(4)16(6-2)20(17,18)12-7-8-13(14(15)19)10(3)9-12/h7-9,11H,5-6H2,1-4H3,(H2,15,19). The molecule has 1 atom stereocenters. The second kappa shape index (κ2) is 6.65. The van der Waals surface area contributed by atoms with E-state index in [0.29, 0.717) is 12.1 Å². The molecule has 112 valence electrons. The Balaban J connectivity index is 3.29. The number of nitrogens with zero attached hydrogens (tertiary/aromatic N) is 1. The van der Waals surface area contributed by atoms with Crippen molar-refractivity contribution in [1.82, 2.24) is 4.31 Å². The minimum atomic E-state index is -3.48. The van der Waals surface area contributed by atoms with Crippen LogP contribution in [0.25, 0.3) is 0 Å². The van der Waals surface area contributed by atoms with E-state index in [1.165, 1.54) is 4.31 Å². The smallest absolute Gasteiger partial charge is 0.243 e. The van der Waals surface area contributed by atoms with Gasteiger partial charge in [0.15, 0.2) is 0 Å². The first-order valence-electron chi connectivity index (χ1n) is 6.68. The van der Waals surface area contributed by atoms with Crippen LogP contribution >= 0.6 is 12.2 Å². The number of rotatable bonds is 6. The topological polar surface area (TPSA) is 63.4 Å². The van der Waals surface area contributed by atoms with Gasteiger partial charge in [0.25, 0.3) is 0 Å². The van der Waals surface area contributed by atoms with Gasteiger partial charge in [-0.1, -0.05) is 32.1 Å². The maximum Gasteiger partial charge on any atom is 0.243 e. The monoisotopic (exact) mass is 314 g/mol. The van der Waals surface area contributed by atoms with Crippen molar-refractivity contribution in [3.05, 3.63) is 29.3 Å². The summed E-state index contributed by atoms with van der Waals surface area (Å²) < 4.78 is 26.8. The largest absolute Gasteiger partial charge is 0.389 e. The highest BCUT2D eigenvalue weighted by Crippen LogP contribution is 2.22. The molecule has 0 aromatic heterocycles. The van der Waals surface area contributed by atoms with E-state index in [-0.39, 0.29) is 15.9 Å². The summed E-state index contributed by atoms with van der Waals surface area (Å²) in [5, 5.41) is 0. The first-order chi connectivity index (χ1) is 9.25. The fourth-order valence-electron chi connectivity index (χ4n) is 2.13. The maximum atomic E-state index is 12.7. The van der Waals surface area contributed by atoms with E-state index in [2.05, 4.69) is 0 Å². The molecule has 6 heteroatoms. The van der Waals surface area contributed by atoms with Crippen molar-refractivity contribution in [2.75, 3.05) is 6.54 Å². The predicted octanol–water partition coefficient (Wildman–Crippen LogP) is 2.44. The molecule has 0 saturated carbocycles. The summed E-state index contributed by atoms with van der Waals surface area (Å²) in [6.45, 7) is 8.00. The van der Waals surface area contributed by atoms with Crippen LogP contribution < -0.4 is 5.73 Å². The van der Waals surface area contributed by atoms with Crippen molar-refractivity contribution in [2.45, 2.75) is 45.1 Å². The van der Waals surface area contributed by atoms with Crippen LogP contribution in [0.2, 0.25) is 0 Å². The molecule has 0 fully saturated rings. The van der Waals surface area contributed by atoms with Crippen molar-refractivity contribution < 1.29 is 8.42 Å². The number of hydrogen-bond acceptors (Lipinski definition) is 3. The first-order valence-corrected chi connectivity index (χ1v) is 8.52. The van der Waals surface area contributed by atoms with Gasteiger partial charge in [-0.25, -0.2) is 8.42 Å². The van der Waals surface area contributed by atoms with Gasteiger partial charge < -0.3 is 5.73 Å². The molecule has 1 rings (SSSR count). The van der Waals surface area contributed by atoms with Crippen LogP contribution in [0.3, 0.4) is 0 Å². The zero-order valence-electron chi connectivity index (χ0n) is 12.4. The normalized spacial score (nSPS) is 13.4. The molecule has 0 aliphatic rings. The van der Waals surface area contributed by atoms with E-state index in [1.54, 1.807) is 18.2 Å². The summed E-state index contributed by atoms with van der Waals surface area (Å²) in [4.78, 5) is 0.567. The molecule has 4 nitrogen and oxygen atoms in total. The molecule has 1 unspecified atom stereocenters. The first kappa shape index (κ1) is 17.1. The Bertz CT molecular complexity index is 597. The summed E-state index contributed by atoms with van der Waals surface area (Å²) in [7, 11) is -3.48. The van der Waals surface area contributed by atoms with Crippen molar-refractivity contribution in [2.24, 2.45) is 5.73 Å². The number of nitrogens with two attached hydrogens (primary N) is 1. The van der Waals surface area contributed by atoms with Gasteiger partial charge in [-0.2, -0.15) is 4.31 Å². The van der Waals surface area contributed by atoms with Gasteiger partial charge in [0.1, 0.15) is 4.99 Å². The van der Waals surface area contributed by atoms with Gasteiger partial charge >= 0.3 is 0 Å². The maximum absolute atomic E-state index is 12.7. The quantitative estimate of drug-likeness (QED) is 0.819. The summed E-state index contributed by atoms with van der Waals surface area (Å²) in [6, 6.07) is 4.85. The Morgan fingerprint density at radius 1 is 1.40 bits per heavy atom. The van der Waals surface area contributed by atoms with E-state index in [4.69, 9.17) is 18.0 Å². The predicted molar refractivity (Wildman–Crippen MR) is 86.4 cm³/mol. The number of benzene rings is 1. The molecule has 0 heterocycles. The molecular weight excluding hydrogens is 292 g/mol. The van der Waals surface area contributed by atoms with Crippen LogP contribution in [0, 0.1) is 6.92 Å². The van der Waals surface area contributed by atoms with E-state index in [9.17, 15) is 8.42 Å². The number of thiocarbonyl (C=S) groups is 1. The third-order valence-corrected chi connectivity index (χ3v) is 5.77. The zero-order valence-corrected chi connectivity index (χ0v) is 14.0. The van der Waals surface area contributed by atoms with Crippen molar-refractivity contribution in [3.63, 3.8) is 0 Å². The third kappa shape index (κ3) is 3.37. The molecule has 20 heavy (non-hydrogen) atoms. The molecule has 1 aromatic carbocycles. The number of sulfonamides is 1. The molecule has 0 radical (unpaired) electrons. The highest BCUT2D eigenvalue weighted by Gasteiger charge is 2.27. The molecule has 1 aromatic rings. The van der Waals surface area contributed by atoms with E-state index in [0.717, 1.165) is 12.0 Å². The van der Waals surface area contributed by atoms with Gasteiger partial charge in [-0.15, -0.1) is 0 Å². The molecule has 0 amide bonds. The molecule has 0 aliphatic carbocycles. The van der Waals surface area contributed by atoms with Crippen LogP contribution in [0.1, 0.15) is 38.3 Å². The zero-order chi connectivity index (χ0) is 15.5. The van der Waals surface area contributed by atoms with Crippen LogP contribution in [0.4, 0.5) is 0 Å². The lowest BCUT2D eigenvalue weighted by Crippen LogP contribution is -2.38.